The van der Waals surface area contributed by atoms with E-state index in [0.29, 0.717) is 5.75 Å². The highest BCUT2D eigenvalue weighted by atomic mass is 32.2. The van der Waals surface area contributed by atoms with Gasteiger partial charge in [-0.05, 0) is 44.5 Å². The second-order valence-corrected chi connectivity index (χ2v) is 7.94. The molecule has 0 saturated carbocycles. The molecule has 2 rings (SSSR count). The summed E-state index contributed by atoms with van der Waals surface area (Å²) in [6.45, 7) is 5.26. The largest absolute Gasteiger partial charge is 0.497 e. The van der Waals surface area contributed by atoms with Crippen molar-refractivity contribution in [1.29, 1.82) is 0 Å². The number of rotatable bonds is 6. The number of aliphatic hydroxyl groups is 1. The minimum atomic E-state index is -1.46. The Morgan fingerprint density at radius 2 is 1.67 bits per heavy atom. The topological polar surface area (TPSA) is 29.5 Å². The van der Waals surface area contributed by atoms with Crippen molar-refractivity contribution >= 4 is 11.8 Å². The van der Waals surface area contributed by atoms with Crippen LogP contribution in [0.15, 0.2) is 42.5 Å². The maximum absolute atomic E-state index is 14.1. The lowest BCUT2D eigenvalue weighted by molar-refractivity contribution is 0.0222. The summed E-state index contributed by atoms with van der Waals surface area (Å²) in [5, 5.41) is 10.9. The van der Waals surface area contributed by atoms with Gasteiger partial charge in [0.1, 0.15) is 23.0 Å². The maximum Gasteiger partial charge on any atom is 0.132 e. The van der Waals surface area contributed by atoms with E-state index in [1.165, 1.54) is 17.8 Å². The van der Waals surface area contributed by atoms with Crippen molar-refractivity contribution in [3.05, 3.63) is 65.2 Å². The highest BCUT2D eigenvalue weighted by molar-refractivity contribution is 7.99. The predicted octanol–water partition coefficient (Wildman–Crippen LogP) is 4.89. The fourth-order valence-corrected chi connectivity index (χ4v) is 3.45. The maximum atomic E-state index is 14.1. The second-order valence-electron chi connectivity index (χ2n) is 6.34. The van der Waals surface area contributed by atoms with Crippen LogP contribution in [0.1, 0.15) is 31.9 Å². The van der Waals surface area contributed by atoms with E-state index in [2.05, 4.69) is 0 Å². The molecule has 2 aromatic rings. The Labute approximate surface area is 145 Å². The summed E-state index contributed by atoms with van der Waals surface area (Å²) < 4.78 is 31.7. The molecule has 24 heavy (non-hydrogen) atoms. The van der Waals surface area contributed by atoms with Gasteiger partial charge in [-0.15, -0.1) is 11.8 Å². The molecule has 130 valence electrons. The summed E-state index contributed by atoms with van der Waals surface area (Å²) in [6.07, 6.45) is 0. The Hall–Kier alpha value is -1.59. The van der Waals surface area contributed by atoms with Gasteiger partial charge < -0.3 is 9.84 Å². The summed E-state index contributed by atoms with van der Waals surface area (Å²) in [7, 11) is 1.61. The third-order valence-corrected chi connectivity index (χ3v) is 5.98. The van der Waals surface area contributed by atoms with Crippen LogP contribution in [0.25, 0.3) is 0 Å². The fraction of sp³-hybridized carbons (Fsp3) is 0.368. The Kier molecular flexibility index (Phi) is 5.56. The lowest BCUT2D eigenvalue weighted by Crippen LogP contribution is -2.43. The highest BCUT2D eigenvalue weighted by Crippen LogP contribution is 2.44. The second kappa shape index (κ2) is 7.11. The van der Waals surface area contributed by atoms with E-state index >= 15 is 0 Å². The predicted molar refractivity (Wildman–Crippen MR) is 94.3 cm³/mol. The molecule has 1 N–H and O–H groups in total. The summed E-state index contributed by atoms with van der Waals surface area (Å²) >= 11 is 1.51. The van der Waals surface area contributed by atoms with Crippen molar-refractivity contribution in [1.82, 2.24) is 0 Å². The molecule has 0 aliphatic carbocycles. The highest BCUT2D eigenvalue weighted by Gasteiger charge is 2.43. The van der Waals surface area contributed by atoms with Gasteiger partial charge in [-0.1, -0.05) is 18.2 Å². The Bertz CT molecular complexity index is 697. The summed E-state index contributed by atoms with van der Waals surface area (Å²) in [5.41, 5.74) is -0.289. The number of halogens is 2. The van der Waals surface area contributed by atoms with E-state index in [0.717, 1.165) is 23.4 Å². The van der Waals surface area contributed by atoms with E-state index in [1.54, 1.807) is 14.0 Å². The Morgan fingerprint density at radius 1 is 1.04 bits per heavy atom. The molecule has 2 aromatic carbocycles. The molecular weight excluding hydrogens is 330 g/mol. The SMILES string of the molecule is COc1ccc(CSC(C)(C)C(C)(O)c2ccc(F)cc2F)cc1. The van der Waals surface area contributed by atoms with Crippen LogP contribution in [0.3, 0.4) is 0 Å². The number of methoxy groups -OCH3 is 1. The molecule has 1 atom stereocenters. The van der Waals surface area contributed by atoms with E-state index in [-0.39, 0.29) is 5.56 Å². The first-order valence-electron chi connectivity index (χ1n) is 7.62. The van der Waals surface area contributed by atoms with Crippen LogP contribution in [0.4, 0.5) is 8.78 Å². The molecule has 0 aliphatic rings. The van der Waals surface area contributed by atoms with Gasteiger partial charge in [-0.3, -0.25) is 0 Å². The summed E-state index contributed by atoms with van der Waals surface area (Å²) in [5.74, 6) is 0.0351. The van der Waals surface area contributed by atoms with Crippen LogP contribution >= 0.6 is 11.8 Å². The number of ether oxygens (including phenoxy) is 1. The normalized spacial score (nSPS) is 14.3. The average molecular weight is 352 g/mol. The van der Waals surface area contributed by atoms with Crippen LogP contribution in [0, 0.1) is 11.6 Å². The molecular formula is C19H22F2O2S. The van der Waals surface area contributed by atoms with Gasteiger partial charge >= 0.3 is 0 Å². The average Bonchev–Trinajstić information content (AvgIpc) is 2.53. The molecule has 0 fully saturated rings. The Balaban J connectivity index is 2.17. The number of hydrogen-bond donors (Lipinski definition) is 1. The van der Waals surface area contributed by atoms with Crippen molar-refractivity contribution < 1.29 is 18.6 Å². The van der Waals surface area contributed by atoms with E-state index in [4.69, 9.17) is 4.74 Å². The first-order chi connectivity index (χ1) is 11.2. The van der Waals surface area contributed by atoms with Gasteiger partial charge in [0, 0.05) is 22.1 Å². The van der Waals surface area contributed by atoms with Crippen molar-refractivity contribution in [3.8, 4) is 5.75 Å². The van der Waals surface area contributed by atoms with Crippen LogP contribution in [0.2, 0.25) is 0 Å². The summed E-state index contributed by atoms with van der Waals surface area (Å²) in [6, 6.07) is 10.9. The lowest BCUT2D eigenvalue weighted by Gasteiger charge is -2.40. The third kappa shape index (κ3) is 3.90. The molecule has 0 spiro atoms. The van der Waals surface area contributed by atoms with Crippen LogP contribution in [-0.2, 0) is 11.4 Å². The van der Waals surface area contributed by atoms with Crippen molar-refractivity contribution in [2.45, 2.75) is 36.9 Å². The van der Waals surface area contributed by atoms with Crippen molar-refractivity contribution in [3.63, 3.8) is 0 Å². The van der Waals surface area contributed by atoms with Gasteiger partial charge in [-0.2, -0.15) is 0 Å². The molecule has 1 unspecified atom stereocenters. The molecule has 0 radical (unpaired) electrons. The molecule has 0 saturated heterocycles. The van der Waals surface area contributed by atoms with Gasteiger partial charge in [0.15, 0.2) is 0 Å². The van der Waals surface area contributed by atoms with Crippen molar-refractivity contribution in [2.24, 2.45) is 0 Å². The van der Waals surface area contributed by atoms with E-state index < -0.39 is 22.0 Å². The first-order valence-corrected chi connectivity index (χ1v) is 8.61. The van der Waals surface area contributed by atoms with Gasteiger partial charge in [0.05, 0.1) is 7.11 Å². The molecule has 5 heteroatoms. The smallest absolute Gasteiger partial charge is 0.132 e. The zero-order chi connectivity index (χ0) is 18.0. The fourth-order valence-electron chi connectivity index (χ4n) is 2.33. The van der Waals surface area contributed by atoms with Crippen LogP contribution in [0.5, 0.6) is 5.75 Å². The zero-order valence-electron chi connectivity index (χ0n) is 14.3. The molecule has 0 bridgehead atoms. The lowest BCUT2D eigenvalue weighted by atomic mass is 9.84. The van der Waals surface area contributed by atoms with Gasteiger partial charge in [-0.25, -0.2) is 8.78 Å². The summed E-state index contributed by atoms with van der Waals surface area (Å²) in [4.78, 5) is 0. The minimum Gasteiger partial charge on any atom is -0.497 e. The van der Waals surface area contributed by atoms with E-state index in [9.17, 15) is 13.9 Å². The van der Waals surface area contributed by atoms with Crippen LogP contribution < -0.4 is 4.74 Å². The molecule has 0 aliphatic heterocycles. The quantitative estimate of drug-likeness (QED) is 0.802. The number of benzene rings is 2. The molecule has 0 amide bonds. The number of hydrogen-bond acceptors (Lipinski definition) is 3. The Morgan fingerprint density at radius 3 is 2.21 bits per heavy atom. The molecule has 0 aromatic heterocycles. The zero-order valence-corrected chi connectivity index (χ0v) is 15.1. The molecule has 2 nitrogen and oxygen atoms in total. The minimum absolute atomic E-state index is 0.0936. The van der Waals surface area contributed by atoms with Crippen molar-refractivity contribution in [2.75, 3.05) is 7.11 Å². The number of thioether (sulfide) groups is 1. The first kappa shape index (κ1) is 18.7. The van der Waals surface area contributed by atoms with Gasteiger partial charge in [0.2, 0.25) is 0 Å². The molecule has 0 heterocycles. The third-order valence-electron chi connectivity index (χ3n) is 4.39. The van der Waals surface area contributed by atoms with Gasteiger partial charge in [0.25, 0.3) is 0 Å². The van der Waals surface area contributed by atoms with Crippen LogP contribution in [-0.4, -0.2) is 17.0 Å². The monoisotopic (exact) mass is 352 g/mol. The van der Waals surface area contributed by atoms with E-state index in [1.807, 2.05) is 38.1 Å². The standard InChI is InChI=1S/C19H22F2O2S/c1-18(2,24-12-13-5-8-15(23-4)9-6-13)19(3,22)16-10-7-14(20)11-17(16)21/h5-11,22H,12H2,1-4H3.